The second kappa shape index (κ2) is 14.5. The Morgan fingerprint density at radius 1 is 0.981 bits per heavy atom. The van der Waals surface area contributed by atoms with Gasteiger partial charge in [0.25, 0.3) is 0 Å². The molecule has 6 atom stereocenters. The van der Waals surface area contributed by atoms with Crippen LogP contribution >= 0.6 is 0 Å². The maximum Gasteiger partial charge on any atom is 0.482 e. The molecule has 53 heavy (non-hydrogen) atoms. The first-order valence-electron chi connectivity index (χ1n) is 17.9. The van der Waals surface area contributed by atoms with Crippen molar-refractivity contribution in [3.05, 3.63) is 63.2 Å². The first kappa shape index (κ1) is 39.8. The molecule has 0 aromatic heterocycles. The van der Waals surface area contributed by atoms with Gasteiger partial charge in [0.1, 0.15) is 28.6 Å². The summed E-state index contributed by atoms with van der Waals surface area (Å²) in [7, 11) is 1.81. The number of para-hydroxylation sites is 1. The Morgan fingerprint density at radius 2 is 1.66 bits per heavy atom. The van der Waals surface area contributed by atoms with Crippen LogP contribution in [0.4, 0.5) is 10.5 Å². The fourth-order valence-corrected chi connectivity index (χ4v) is 8.02. The minimum Gasteiger partial charge on any atom is -0.496 e. The zero-order chi connectivity index (χ0) is 39.3. The fraction of sp³-hybridized carbons (Fsp3) is 0.605. The van der Waals surface area contributed by atoms with Gasteiger partial charge in [-0.3, -0.25) is 14.9 Å². The van der Waals surface area contributed by atoms with Gasteiger partial charge in [0.05, 0.1) is 36.8 Å². The summed E-state index contributed by atoms with van der Waals surface area (Å²) < 4.78 is 35.5. The SMILES string of the molecule is COc1ccc(C(NC(=O)OC(C)(C)C)C(=O)NC(Cc2cccc(C(=O)OC(C)(C)C)c2OC)B2O[C@@H]3C[C@@H]4C[C@@H](C4(C)C)[C@]3(C)O2)cc1[N+](=O)[O-]. The Kier molecular flexibility index (Phi) is 10.9. The summed E-state index contributed by atoms with van der Waals surface area (Å²) in [5.41, 5.74) is -1.74. The molecule has 2 aromatic carbocycles. The third-order valence-corrected chi connectivity index (χ3v) is 10.6. The van der Waals surface area contributed by atoms with E-state index in [1.165, 1.54) is 32.4 Å². The van der Waals surface area contributed by atoms with Gasteiger partial charge in [0.2, 0.25) is 5.91 Å². The lowest BCUT2D eigenvalue weighted by Crippen LogP contribution is -2.65. The van der Waals surface area contributed by atoms with Crippen molar-refractivity contribution >= 4 is 30.8 Å². The molecule has 1 saturated heterocycles. The van der Waals surface area contributed by atoms with E-state index in [1.807, 2.05) is 0 Å². The van der Waals surface area contributed by atoms with Crippen LogP contribution < -0.4 is 20.1 Å². The zero-order valence-electron chi connectivity index (χ0n) is 32.5. The van der Waals surface area contributed by atoms with Crippen LogP contribution in [0.1, 0.15) is 103 Å². The normalized spacial score (nSPS) is 24.1. The molecule has 0 radical (unpaired) electrons. The predicted molar refractivity (Wildman–Crippen MR) is 196 cm³/mol. The van der Waals surface area contributed by atoms with E-state index in [0.29, 0.717) is 11.5 Å². The molecule has 3 saturated carbocycles. The molecular weight excluding hydrogens is 685 g/mol. The summed E-state index contributed by atoms with van der Waals surface area (Å²) in [5, 5.41) is 17.6. The van der Waals surface area contributed by atoms with Crippen molar-refractivity contribution in [1.29, 1.82) is 0 Å². The molecular formula is C38H52BN3O11. The highest BCUT2D eigenvalue weighted by atomic mass is 16.7. The summed E-state index contributed by atoms with van der Waals surface area (Å²) >= 11 is 0. The number of ether oxygens (including phenoxy) is 4. The van der Waals surface area contributed by atoms with Crippen molar-refractivity contribution in [2.45, 2.75) is 116 Å². The smallest absolute Gasteiger partial charge is 0.482 e. The molecule has 2 aromatic rings. The van der Waals surface area contributed by atoms with E-state index in [-0.39, 0.29) is 46.5 Å². The quantitative estimate of drug-likeness (QED) is 0.118. The van der Waals surface area contributed by atoms with E-state index < -0.39 is 64.5 Å². The first-order valence-corrected chi connectivity index (χ1v) is 17.9. The Labute approximate surface area is 311 Å². The maximum atomic E-state index is 14.5. The van der Waals surface area contributed by atoms with Crippen LogP contribution in [0.3, 0.4) is 0 Å². The van der Waals surface area contributed by atoms with E-state index in [2.05, 4.69) is 31.4 Å². The second-order valence-corrected chi connectivity index (χ2v) is 16.9. The molecule has 4 aliphatic rings. The van der Waals surface area contributed by atoms with Crippen molar-refractivity contribution in [3.63, 3.8) is 0 Å². The lowest BCUT2D eigenvalue weighted by molar-refractivity contribution is -0.385. The number of carbonyl (C=O) groups excluding carboxylic acids is 3. The van der Waals surface area contributed by atoms with Crippen LogP contribution in [0.5, 0.6) is 11.5 Å². The van der Waals surface area contributed by atoms with E-state index in [9.17, 15) is 24.5 Å². The number of rotatable bonds is 11. The van der Waals surface area contributed by atoms with Crippen LogP contribution in [0.15, 0.2) is 36.4 Å². The fourth-order valence-electron chi connectivity index (χ4n) is 8.02. The number of carbonyl (C=O) groups is 3. The number of methoxy groups -OCH3 is 2. The highest BCUT2D eigenvalue weighted by Gasteiger charge is 2.68. The van der Waals surface area contributed by atoms with Gasteiger partial charge >= 0.3 is 24.9 Å². The monoisotopic (exact) mass is 737 g/mol. The molecule has 15 heteroatoms. The van der Waals surface area contributed by atoms with Crippen LogP contribution in [-0.4, -0.2) is 73.1 Å². The predicted octanol–water partition coefficient (Wildman–Crippen LogP) is 6.13. The summed E-state index contributed by atoms with van der Waals surface area (Å²) in [6.45, 7) is 16.9. The first-order chi connectivity index (χ1) is 24.6. The molecule has 288 valence electrons. The molecule has 0 spiro atoms. The summed E-state index contributed by atoms with van der Waals surface area (Å²) in [6.07, 6.45) is 0.759. The average molecular weight is 738 g/mol. The van der Waals surface area contributed by atoms with Crippen LogP contribution in [-0.2, 0) is 30.0 Å². The molecule has 2 amide bonds. The van der Waals surface area contributed by atoms with E-state index >= 15 is 0 Å². The molecule has 3 aliphatic carbocycles. The minimum atomic E-state index is -1.45. The summed E-state index contributed by atoms with van der Waals surface area (Å²) in [5.74, 6) is -1.22. The third-order valence-electron chi connectivity index (χ3n) is 10.6. The zero-order valence-corrected chi connectivity index (χ0v) is 32.5. The van der Waals surface area contributed by atoms with Crippen molar-refractivity contribution in [3.8, 4) is 11.5 Å². The highest BCUT2D eigenvalue weighted by Crippen LogP contribution is 2.65. The number of nitro groups is 1. The summed E-state index contributed by atoms with van der Waals surface area (Å²) in [6, 6.07) is 7.64. The van der Waals surface area contributed by atoms with Crippen LogP contribution in [0, 0.1) is 27.4 Å². The molecule has 2 N–H and O–H groups in total. The summed E-state index contributed by atoms with van der Waals surface area (Å²) in [4.78, 5) is 52.2. The Balaban J connectivity index is 1.54. The second-order valence-electron chi connectivity index (χ2n) is 16.9. The van der Waals surface area contributed by atoms with E-state index in [4.69, 9.17) is 28.3 Å². The molecule has 14 nitrogen and oxygen atoms in total. The van der Waals surface area contributed by atoms with E-state index in [1.54, 1.807) is 59.7 Å². The van der Waals surface area contributed by atoms with Crippen molar-refractivity contribution < 1.29 is 47.6 Å². The number of nitrogens with zero attached hydrogens (tertiary/aromatic N) is 1. The van der Waals surface area contributed by atoms with Gasteiger partial charge in [-0.2, -0.15) is 0 Å². The number of esters is 1. The van der Waals surface area contributed by atoms with Gasteiger partial charge in [-0.05, 0) is 108 Å². The van der Waals surface area contributed by atoms with Gasteiger partial charge in [-0.1, -0.05) is 32.0 Å². The number of hydrogen-bond acceptors (Lipinski definition) is 11. The van der Waals surface area contributed by atoms with Gasteiger partial charge in [0, 0.05) is 6.07 Å². The number of hydrogen-bond donors (Lipinski definition) is 2. The standard InChI is InChI=1S/C38H52BN3O11/c1-35(2,3)50-33(44)24-14-12-13-22(31(24)49-11)18-29(39-52-28-20-23-19-27(37(23,7)8)38(28,9)53-39)40-32(43)30(41-34(45)51-36(4,5)6)21-15-16-26(48-10)25(17-21)42(46)47/h12-17,23,27-30H,18-20H2,1-11H3,(H,40,43)(H,41,45)/t23-,27-,28+,29?,30?,38-/m0/s1. The van der Waals surface area contributed by atoms with Crippen LogP contribution in [0.2, 0.25) is 0 Å². The maximum absolute atomic E-state index is 14.5. The molecule has 4 fully saturated rings. The Hall–Kier alpha value is -4.37. The van der Waals surface area contributed by atoms with Crippen LogP contribution in [0.25, 0.3) is 0 Å². The van der Waals surface area contributed by atoms with Crippen molar-refractivity contribution in [2.24, 2.45) is 17.3 Å². The number of benzene rings is 2. The van der Waals surface area contributed by atoms with Gasteiger partial charge in [0.15, 0.2) is 5.75 Å². The Bertz CT molecular complexity index is 1750. The van der Waals surface area contributed by atoms with Gasteiger partial charge in [-0.25, -0.2) is 9.59 Å². The largest absolute Gasteiger partial charge is 0.496 e. The number of nitrogens with one attached hydrogen (secondary N) is 2. The number of nitro benzene ring substituents is 1. The van der Waals surface area contributed by atoms with Gasteiger partial charge < -0.3 is 38.9 Å². The average Bonchev–Trinajstić information content (AvgIpc) is 3.42. The van der Waals surface area contributed by atoms with E-state index in [0.717, 1.165) is 12.8 Å². The van der Waals surface area contributed by atoms with Gasteiger partial charge in [-0.15, -0.1) is 0 Å². The molecule has 1 aliphatic heterocycles. The molecule has 2 unspecified atom stereocenters. The van der Waals surface area contributed by atoms with Crippen molar-refractivity contribution in [2.75, 3.05) is 14.2 Å². The number of alkyl carbamates (subject to hydrolysis) is 1. The lowest BCUT2D eigenvalue weighted by atomic mass is 9.43. The molecule has 1 heterocycles. The van der Waals surface area contributed by atoms with Crippen molar-refractivity contribution in [1.82, 2.24) is 10.6 Å². The minimum absolute atomic E-state index is 0.0186. The Morgan fingerprint density at radius 3 is 2.25 bits per heavy atom. The third kappa shape index (κ3) is 8.25. The topological polar surface area (TPSA) is 174 Å². The highest BCUT2D eigenvalue weighted by molar-refractivity contribution is 6.48. The number of amides is 2. The molecule has 6 rings (SSSR count). The lowest BCUT2D eigenvalue weighted by Gasteiger charge is -2.64. The molecule has 2 bridgehead atoms.